The molecule has 0 fully saturated rings. The Hall–Kier alpha value is -0.820. The third-order valence-electron chi connectivity index (χ3n) is 6.49. The van der Waals surface area contributed by atoms with Crippen LogP contribution in [-0.2, 0) is 0 Å². The fraction of sp³-hybridized carbons (Fsp3) is 0.806. The van der Waals surface area contributed by atoms with Gasteiger partial charge in [-0.2, -0.15) is 0 Å². The lowest BCUT2D eigenvalue weighted by Gasteiger charge is -2.22. The van der Waals surface area contributed by atoms with Gasteiger partial charge in [0, 0.05) is 0 Å². The van der Waals surface area contributed by atoms with E-state index in [1.54, 1.807) is 0 Å². The van der Waals surface area contributed by atoms with Gasteiger partial charge in [0.1, 0.15) is 0 Å². The molecule has 0 saturated heterocycles. The first-order valence-electron chi connectivity index (χ1n) is 14.4. The molecule has 0 heterocycles. The van der Waals surface area contributed by atoms with E-state index in [0.29, 0.717) is 5.92 Å². The molecular weight excluding hydrogens is 388 g/mol. The molecule has 1 heteroatoms. The molecule has 1 nitrogen and oxygen atoms in total. The Balaban J connectivity index is 4.26. The van der Waals surface area contributed by atoms with Crippen molar-refractivity contribution in [2.75, 3.05) is 0 Å². The highest BCUT2D eigenvalue weighted by Crippen LogP contribution is 2.23. The van der Waals surface area contributed by atoms with Gasteiger partial charge in [0.25, 0.3) is 0 Å². The van der Waals surface area contributed by atoms with Crippen LogP contribution in [0.3, 0.4) is 0 Å². The average Bonchev–Trinajstić information content (AvgIpc) is 2.80. The Labute approximate surface area is 202 Å². The Kier molecular flexibility index (Phi) is 25.8. The van der Waals surface area contributed by atoms with Gasteiger partial charge < -0.3 is 5.11 Å². The van der Waals surface area contributed by atoms with Crippen molar-refractivity contribution in [1.82, 2.24) is 0 Å². The fourth-order valence-corrected chi connectivity index (χ4v) is 4.27. The zero-order chi connectivity index (χ0) is 23.5. The summed E-state index contributed by atoms with van der Waals surface area (Å²) in [5.74, 6) is 0.463. The quantitative estimate of drug-likeness (QED) is 0.115. The maximum Gasteiger partial charge on any atom is 0.0571 e. The van der Waals surface area contributed by atoms with Crippen molar-refractivity contribution >= 4 is 0 Å². The number of rotatable bonds is 24. The summed E-state index contributed by atoms with van der Waals surface area (Å²) in [6, 6.07) is 0. The van der Waals surface area contributed by atoms with Crippen molar-refractivity contribution in [3.8, 4) is 0 Å². The number of hydrogen-bond donors (Lipinski definition) is 1. The highest BCUT2D eigenvalue weighted by atomic mass is 16.3. The molecule has 0 amide bonds. The molecular formula is C31H58O. The standard InChI is InChI=1S/C31H58O/c1-4-7-10-13-16-19-21-24-27-30(28-25-22-20-17-14-11-8-5-2)31(32)29-26-23-18-15-12-9-6-3/h16-20,23,30-32H,4-15,21-22,24-29H2,1-3H3/b19-16-,20-17-,23-18-. The summed E-state index contributed by atoms with van der Waals surface area (Å²) in [6.45, 7) is 6.78. The van der Waals surface area contributed by atoms with Crippen LogP contribution < -0.4 is 0 Å². The van der Waals surface area contributed by atoms with Crippen LogP contribution in [0.5, 0.6) is 0 Å². The molecule has 0 radical (unpaired) electrons. The normalized spacial score (nSPS) is 13.4. The predicted octanol–water partition coefficient (Wildman–Crippen LogP) is 10.5. The van der Waals surface area contributed by atoms with Gasteiger partial charge >= 0.3 is 0 Å². The largest absolute Gasteiger partial charge is 0.393 e. The van der Waals surface area contributed by atoms with E-state index >= 15 is 0 Å². The zero-order valence-corrected chi connectivity index (χ0v) is 22.2. The topological polar surface area (TPSA) is 20.2 Å². The molecule has 1 unspecified atom stereocenters. The second-order valence-electron chi connectivity index (χ2n) is 9.67. The summed E-state index contributed by atoms with van der Waals surface area (Å²) in [5.41, 5.74) is 0. The van der Waals surface area contributed by atoms with Gasteiger partial charge in [0.2, 0.25) is 0 Å². The van der Waals surface area contributed by atoms with Crippen molar-refractivity contribution in [2.45, 2.75) is 155 Å². The minimum atomic E-state index is -0.141. The molecule has 0 rings (SSSR count). The highest BCUT2D eigenvalue weighted by molar-refractivity contribution is 4.86. The Bertz CT molecular complexity index is 408. The Morgan fingerprint density at radius 3 is 1.16 bits per heavy atom. The maximum atomic E-state index is 10.9. The predicted molar refractivity (Wildman–Crippen MR) is 146 cm³/mol. The van der Waals surface area contributed by atoms with E-state index in [0.717, 1.165) is 12.8 Å². The molecule has 1 atom stereocenters. The van der Waals surface area contributed by atoms with Crippen molar-refractivity contribution in [2.24, 2.45) is 5.92 Å². The summed E-state index contributed by atoms with van der Waals surface area (Å²) in [4.78, 5) is 0. The van der Waals surface area contributed by atoms with Crippen LogP contribution in [0.1, 0.15) is 149 Å². The molecule has 0 bridgehead atoms. The molecule has 0 aliphatic rings. The lowest BCUT2D eigenvalue weighted by Crippen LogP contribution is -2.20. The molecule has 0 aromatic rings. The SMILES string of the molecule is CCCCC/C=C\CCCC(CCC/C=C\CCCCC)C(O)CC/C=C\CCCCC. The van der Waals surface area contributed by atoms with Gasteiger partial charge in [-0.25, -0.2) is 0 Å². The summed E-state index contributed by atoms with van der Waals surface area (Å²) in [5, 5.41) is 10.9. The van der Waals surface area contributed by atoms with E-state index in [2.05, 4.69) is 57.2 Å². The minimum absolute atomic E-state index is 0.141. The van der Waals surface area contributed by atoms with Crippen LogP contribution in [0, 0.1) is 5.92 Å². The van der Waals surface area contributed by atoms with Gasteiger partial charge in [0.15, 0.2) is 0 Å². The molecule has 32 heavy (non-hydrogen) atoms. The van der Waals surface area contributed by atoms with E-state index in [1.165, 1.54) is 116 Å². The van der Waals surface area contributed by atoms with Gasteiger partial charge in [-0.05, 0) is 95.8 Å². The number of aliphatic hydroxyl groups is 1. The maximum absolute atomic E-state index is 10.9. The first kappa shape index (κ1) is 31.2. The van der Waals surface area contributed by atoms with E-state index in [1.807, 2.05) is 0 Å². The van der Waals surface area contributed by atoms with Crippen molar-refractivity contribution in [1.29, 1.82) is 0 Å². The lowest BCUT2D eigenvalue weighted by atomic mass is 9.88. The van der Waals surface area contributed by atoms with Crippen molar-refractivity contribution in [3.05, 3.63) is 36.5 Å². The molecule has 0 aromatic heterocycles. The lowest BCUT2D eigenvalue weighted by molar-refractivity contribution is 0.0877. The average molecular weight is 447 g/mol. The van der Waals surface area contributed by atoms with Crippen molar-refractivity contribution < 1.29 is 5.11 Å². The fourth-order valence-electron chi connectivity index (χ4n) is 4.27. The molecule has 0 aromatic carbocycles. The monoisotopic (exact) mass is 446 g/mol. The van der Waals surface area contributed by atoms with Crippen LogP contribution in [0.25, 0.3) is 0 Å². The highest BCUT2D eigenvalue weighted by Gasteiger charge is 2.17. The van der Waals surface area contributed by atoms with E-state index < -0.39 is 0 Å². The summed E-state index contributed by atoms with van der Waals surface area (Å²) < 4.78 is 0. The molecule has 0 spiro atoms. The van der Waals surface area contributed by atoms with Crippen LogP contribution in [0.2, 0.25) is 0 Å². The van der Waals surface area contributed by atoms with Crippen LogP contribution in [0.4, 0.5) is 0 Å². The summed E-state index contributed by atoms with van der Waals surface area (Å²) in [6.07, 6.45) is 38.5. The van der Waals surface area contributed by atoms with Crippen LogP contribution >= 0.6 is 0 Å². The summed E-state index contributed by atoms with van der Waals surface area (Å²) >= 11 is 0. The van der Waals surface area contributed by atoms with E-state index in [4.69, 9.17) is 0 Å². The molecule has 1 N–H and O–H groups in total. The zero-order valence-electron chi connectivity index (χ0n) is 22.2. The van der Waals surface area contributed by atoms with Crippen molar-refractivity contribution in [3.63, 3.8) is 0 Å². The minimum Gasteiger partial charge on any atom is -0.393 e. The van der Waals surface area contributed by atoms with E-state index in [-0.39, 0.29) is 6.10 Å². The first-order valence-corrected chi connectivity index (χ1v) is 14.4. The van der Waals surface area contributed by atoms with E-state index in [9.17, 15) is 5.11 Å². The van der Waals surface area contributed by atoms with Crippen LogP contribution in [0.15, 0.2) is 36.5 Å². The first-order chi connectivity index (χ1) is 15.8. The number of unbranched alkanes of at least 4 members (excludes halogenated alkanes) is 11. The van der Waals surface area contributed by atoms with Gasteiger partial charge in [-0.15, -0.1) is 0 Å². The number of allylic oxidation sites excluding steroid dienone is 6. The smallest absolute Gasteiger partial charge is 0.0571 e. The van der Waals surface area contributed by atoms with Gasteiger partial charge in [-0.1, -0.05) is 95.8 Å². The van der Waals surface area contributed by atoms with Gasteiger partial charge in [0.05, 0.1) is 6.10 Å². The Morgan fingerprint density at radius 1 is 0.438 bits per heavy atom. The molecule has 0 aliphatic carbocycles. The second kappa shape index (κ2) is 26.4. The second-order valence-corrected chi connectivity index (χ2v) is 9.67. The molecule has 0 aliphatic heterocycles. The van der Waals surface area contributed by atoms with Crippen LogP contribution in [-0.4, -0.2) is 11.2 Å². The third-order valence-corrected chi connectivity index (χ3v) is 6.49. The third kappa shape index (κ3) is 22.4. The Morgan fingerprint density at radius 2 is 0.781 bits per heavy atom. The summed E-state index contributed by atoms with van der Waals surface area (Å²) in [7, 11) is 0. The molecule has 0 saturated carbocycles. The number of hydrogen-bond acceptors (Lipinski definition) is 1. The molecule has 188 valence electrons. The number of aliphatic hydroxyl groups excluding tert-OH is 1. The van der Waals surface area contributed by atoms with Gasteiger partial charge in [-0.3, -0.25) is 0 Å².